The normalized spacial score (nSPS) is 10.3. The van der Waals surface area contributed by atoms with Crippen LogP contribution in [0.2, 0.25) is 0 Å². The quantitative estimate of drug-likeness (QED) is 0.355. The lowest BCUT2D eigenvalue weighted by Crippen LogP contribution is -1.72. The molecule has 0 aliphatic heterocycles. The molecule has 1 rings (SSSR count). The molecule has 3 heteroatoms. The first-order valence-corrected chi connectivity index (χ1v) is 1.41. The fourth-order valence-corrected chi connectivity index (χ4v) is 0. The second kappa shape index (κ2) is 8.87. The molecule has 0 spiro atoms. The Morgan fingerprint density at radius 2 is 1.50 bits per heavy atom. The summed E-state index contributed by atoms with van der Waals surface area (Å²) in [5.74, 6) is 3.50. The zero-order chi connectivity index (χ0) is 4.12. The molecule has 0 heterocycles. The highest BCUT2D eigenvalue weighted by Crippen LogP contribution is 1.96. The number of hydrogen-bond donors (Lipinski definition) is 2. The van der Waals surface area contributed by atoms with Gasteiger partial charge in [-0.2, -0.15) is 0 Å². The Balaban J connectivity index is 0. The van der Waals surface area contributed by atoms with Crippen LogP contribution in [-0.4, -0.2) is 5.21 Å². The van der Waals surface area contributed by atoms with Gasteiger partial charge in [0.05, 0.1) is 0 Å². The van der Waals surface area contributed by atoms with Crippen LogP contribution in [0.4, 0.5) is 0 Å². The monoisotopic (exact) mass is 109 g/mol. The van der Waals surface area contributed by atoms with Crippen LogP contribution in [0.15, 0.2) is 12.2 Å². The Kier molecular flexibility index (Phi) is 13.8. The van der Waals surface area contributed by atoms with Crippen molar-refractivity contribution in [3.05, 3.63) is 12.2 Å². The Morgan fingerprint density at radius 3 is 1.50 bits per heavy atom. The van der Waals surface area contributed by atoms with Crippen LogP contribution in [0.25, 0.3) is 0 Å². The third kappa shape index (κ3) is 38.1. The number of rotatable bonds is 0. The summed E-state index contributed by atoms with van der Waals surface area (Å²) in [7, 11) is 0. The molecule has 0 saturated heterocycles. The van der Waals surface area contributed by atoms with Gasteiger partial charge in [0, 0.05) is 0 Å². The van der Waals surface area contributed by atoms with Gasteiger partial charge in [0.2, 0.25) is 0 Å². The Hall–Kier alpha value is -0.0500. The third-order valence-corrected chi connectivity index (χ3v) is 0.236. The summed E-state index contributed by atoms with van der Waals surface area (Å²) in [5.41, 5.74) is 0. The van der Waals surface area contributed by atoms with Crippen molar-refractivity contribution in [2.45, 2.75) is 6.42 Å². The molecule has 0 aromatic heterocycles. The van der Waals surface area contributed by atoms with E-state index in [1.807, 2.05) is 0 Å². The van der Waals surface area contributed by atoms with Gasteiger partial charge in [-0.05, 0) is 6.42 Å². The zero-order valence-electron chi connectivity index (χ0n) is 3.29. The summed E-state index contributed by atoms with van der Waals surface area (Å²) in [6.45, 7) is 0. The average Bonchev–Trinajstić information content (AvgIpc) is 2.19. The van der Waals surface area contributed by atoms with Crippen LogP contribution in [0.5, 0.6) is 0 Å². The lowest BCUT2D eigenvalue weighted by atomic mass is 10.9. The van der Waals surface area contributed by atoms with Crippen molar-refractivity contribution in [2.24, 2.45) is 5.90 Å². The molecule has 0 saturated carbocycles. The maximum atomic E-state index is 6.50. The van der Waals surface area contributed by atoms with E-state index in [9.17, 15) is 0 Å². The van der Waals surface area contributed by atoms with E-state index in [1.54, 1.807) is 0 Å². The van der Waals surface area contributed by atoms with Gasteiger partial charge in [0.1, 0.15) is 0 Å². The van der Waals surface area contributed by atoms with Crippen molar-refractivity contribution < 1.29 is 5.21 Å². The minimum absolute atomic E-state index is 0. The van der Waals surface area contributed by atoms with Crippen LogP contribution in [0.3, 0.4) is 0 Å². The molecule has 2 nitrogen and oxygen atoms in total. The van der Waals surface area contributed by atoms with Crippen LogP contribution in [-0.2, 0) is 0 Å². The maximum absolute atomic E-state index is 6.50. The standard InChI is InChI=1S/C3H4.ClH.H3NO/c1-2-3-1;;1-2/h1-2H,3H2;1H;2H,1H2. The first-order chi connectivity index (χ1) is 2.50. The van der Waals surface area contributed by atoms with Gasteiger partial charge < -0.3 is 5.21 Å². The van der Waals surface area contributed by atoms with Gasteiger partial charge in [0.15, 0.2) is 0 Å². The maximum Gasteiger partial charge on any atom is -0.0169 e. The van der Waals surface area contributed by atoms with Gasteiger partial charge in [-0.25, -0.2) is 5.90 Å². The number of halogens is 1. The molecule has 1 aliphatic rings. The van der Waals surface area contributed by atoms with Crippen molar-refractivity contribution in [1.82, 2.24) is 0 Å². The Morgan fingerprint density at radius 1 is 1.33 bits per heavy atom. The van der Waals surface area contributed by atoms with Crippen LogP contribution < -0.4 is 5.90 Å². The molecule has 6 heavy (non-hydrogen) atoms. The van der Waals surface area contributed by atoms with Crippen molar-refractivity contribution in [3.63, 3.8) is 0 Å². The topological polar surface area (TPSA) is 46.2 Å². The molecular formula is C3H8ClNO. The molecule has 1 aliphatic carbocycles. The highest BCUT2D eigenvalue weighted by Gasteiger charge is 1.75. The highest BCUT2D eigenvalue weighted by atomic mass is 35.5. The molecule has 0 aromatic rings. The van der Waals surface area contributed by atoms with E-state index < -0.39 is 0 Å². The SMILES string of the molecule is C1=CC1.Cl.NO. The largest absolute Gasteiger partial charge is 0.320 e. The summed E-state index contributed by atoms with van der Waals surface area (Å²) in [6, 6.07) is 0. The van der Waals surface area contributed by atoms with E-state index in [4.69, 9.17) is 5.21 Å². The molecule has 0 bridgehead atoms. The zero-order valence-corrected chi connectivity index (χ0v) is 4.11. The van der Waals surface area contributed by atoms with E-state index in [0.29, 0.717) is 0 Å². The lowest BCUT2D eigenvalue weighted by Gasteiger charge is -1.27. The molecule has 0 atom stereocenters. The predicted octanol–water partition coefficient (Wildman–Crippen LogP) is 0.702. The number of hydrogen-bond acceptors (Lipinski definition) is 2. The number of nitrogens with two attached hydrogens (primary N) is 1. The van der Waals surface area contributed by atoms with Crippen molar-refractivity contribution in [3.8, 4) is 0 Å². The molecule has 0 aromatic carbocycles. The van der Waals surface area contributed by atoms with Gasteiger partial charge in [0.25, 0.3) is 0 Å². The van der Waals surface area contributed by atoms with Crippen LogP contribution >= 0.6 is 12.4 Å². The van der Waals surface area contributed by atoms with Crippen molar-refractivity contribution >= 4 is 12.4 Å². The van der Waals surface area contributed by atoms with Crippen LogP contribution in [0.1, 0.15) is 6.42 Å². The van der Waals surface area contributed by atoms with E-state index in [2.05, 4.69) is 18.0 Å². The summed E-state index contributed by atoms with van der Waals surface area (Å²) in [6.07, 6.45) is 5.50. The fourth-order valence-electron chi connectivity index (χ4n) is 0. The summed E-state index contributed by atoms with van der Waals surface area (Å²) in [5, 5.41) is 6.50. The predicted molar refractivity (Wildman–Crippen MR) is 27.0 cm³/mol. The average molecular weight is 110 g/mol. The molecule has 0 unspecified atom stereocenters. The Labute approximate surface area is 43.0 Å². The van der Waals surface area contributed by atoms with Gasteiger partial charge in [-0.1, -0.05) is 12.2 Å². The number of allylic oxidation sites excluding steroid dienone is 2. The van der Waals surface area contributed by atoms with Gasteiger partial charge >= 0.3 is 0 Å². The molecule has 0 radical (unpaired) electrons. The van der Waals surface area contributed by atoms with E-state index in [-0.39, 0.29) is 12.4 Å². The minimum atomic E-state index is 0. The molecular weight excluding hydrogens is 101 g/mol. The van der Waals surface area contributed by atoms with E-state index in [0.717, 1.165) is 0 Å². The fraction of sp³-hybridized carbons (Fsp3) is 0.333. The van der Waals surface area contributed by atoms with Crippen molar-refractivity contribution in [1.29, 1.82) is 0 Å². The van der Waals surface area contributed by atoms with E-state index >= 15 is 0 Å². The smallest absolute Gasteiger partial charge is 0.0169 e. The summed E-state index contributed by atoms with van der Waals surface area (Å²) in [4.78, 5) is 0. The molecule has 38 valence electrons. The molecule has 0 fully saturated rings. The van der Waals surface area contributed by atoms with Crippen LogP contribution in [0, 0.1) is 0 Å². The first kappa shape index (κ1) is 9.34. The summed E-state index contributed by atoms with van der Waals surface area (Å²) >= 11 is 0. The van der Waals surface area contributed by atoms with Gasteiger partial charge in [-0.3, -0.25) is 0 Å². The molecule has 0 amide bonds. The second-order valence-electron chi connectivity index (χ2n) is 0.707. The van der Waals surface area contributed by atoms with E-state index in [1.165, 1.54) is 6.42 Å². The minimum Gasteiger partial charge on any atom is -0.320 e. The van der Waals surface area contributed by atoms with Gasteiger partial charge in [-0.15, -0.1) is 12.4 Å². The highest BCUT2D eigenvalue weighted by molar-refractivity contribution is 5.85. The third-order valence-electron chi connectivity index (χ3n) is 0.236. The first-order valence-electron chi connectivity index (χ1n) is 1.41. The lowest BCUT2D eigenvalue weighted by molar-refractivity contribution is 0.311. The van der Waals surface area contributed by atoms with Crippen molar-refractivity contribution in [2.75, 3.05) is 0 Å². The molecule has 3 N–H and O–H groups in total. The Bertz CT molecular complexity index is 33.8. The summed E-state index contributed by atoms with van der Waals surface area (Å²) < 4.78 is 0. The second-order valence-corrected chi connectivity index (χ2v) is 0.707.